The number of rotatable bonds is 2. The maximum atomic E-state index is 12.2. The quantitative estimate of drug-likeness (QED) is 0.774. The Morgan fingerprint density at radius 2 is 2.00 bits per heavy atom. The molecule has 3 rings (SSSR count). The molecule has 1 aliphatic carbocycles. The molecule has 0 aromatic carbocycles. The molecule has 2 atom stereocenters. The molecule has 0 spiro atoms. The number of carbonyl (C=O) groups is 1. The molecular weight excluding hydrogens is 202 g/mol. The lowest BCUT2D eigenvalue weighted by Gasteiger charge is -2.07. The Bertz CT molecular complexity index is 398. The summed E-state index contributed by atoms with van der Waals surface area (Å²) in [6, 6.07) is 3.68. The van der Waals surface area contributed by atoms with Crippen molar-refractivity contribution in [1.82, 2.24) is 5.32 Å². The van der Waals surface area contributed by atoms with Gasteiger partial charge < -0.3 is 9.73 Å². The van der Waals surface area contributed by atoms with Gasteiger partial charge in [-0.1, -0.05) is 0 Å². The molecule has 1 aromatic heterocycles. The van der Waals surface area contributed by atoms with E-state index < -0.39 is 0 Å². The Hall–Kier alpha value is -1.09. The highest BCUT2D eigenvalue weighted by Gasteiger charge is 2.40. The standard InChI is InChI=1S/C13H17NO2/c1-8-2-3-12(16-8)13(15)9-4-10-6-14-7-11(10)5-9/h2-3,9-11,14H,4-7H2,1H3. The maximum absolute atomic E-state index is 12.2. The zero-order chi connectivity index (χ0) is 11.1. The van der Waals surface area contributed by atoms with Crippen LogP contribution in [0.5, 0.6) is 0 Å². The Labute approximate surface area is 95.2 Å². The lowest BCUT2D eigenvalue weighted by atomic mass is 9.99. The van der Waals surface area contributed by atoms with Gasteiger partial charge in [-0.05, 0) is 56.8 Å². The molecule has 86 valence electrons. The van der Waals surface area contributed by atoms with Crippen molar-refractivity contribution in [3.63, 3.8) is 0 Å². The second-order valence-corrected chi connectivity index (χ2v) is 5.12. The number of ketones is 1. The van der Waals surface area contributed by atoms with Crippen LogP contribution in [0.2, 0.25) is 0 Å². The molecule has 0 amide bonds. The molecular formula is C13H17NO2. The lowest BCUT2D eigenvalue weighted by Crippen LogP contribution is -2.16. The molecule has 2 aliphatic rings. The average Bonchev–Trinajstić information content (AvgIpc) is 2.89. The number of nitrogens with one attached hydrogen (secondary N) is 1. The highest BCUT2D eigenvalue weighted by Crippen LogP contribution is 2.40. The van der Waals surface area contributed by atoms with Gasteiger partial charge in [0.2, 0.25) is 5.78 Å². The number of aryl methyl sites for hydroxylation is 1. The fraction of sp³-hybridized carbons (Fsp3) is 0.615. The minimum atomic E-state index is 0.197. The van der Waals surface area contributed by atoms with E-state index in [2.05, 4.69) is 5.32 Å². The number of carbonyl (C=O) groups excluding carboxylic acids is 1. The molecule has 2 unspecified atom stereocenters. The minimum absolute atomic E-state index is 0.197. The first-order valence-electron chi connectivity index (χ1n) is 6.05. The van der Waals surface area contributed by atoms with Crippen molar-refractivity contribution in [3.8, 4) is 0 Å². The molecule has 1 saturated heterocycles. The second kappa shape index (κ2) is 3.74. The summed E-state index contributed by atoms with van der Waals surface area (Å²) in [4.78, 5) is 12.2. The topological polar surface area (TPSA) is 42.2 Å². The van der Waals surface area contributed by atoms with Gasteiger partial charge in [-0.3, -0.25) is 4.79 Å². The van der Waals surface area contributed by atoms with Crippen molar-refractivity contribution in [2.75, 3.05) is 13.1 Å². The van der Waals surface area contributed by atoms with Gasteiger partial charge in [-0.2, -0.15) is 0 Å². The van der Waals surface area contributed by atoms with Crippen LogP contribution < -0.4 is 5.32 Å². The largest absolute Gasteiger partial charge is 0.458 e. The molecule has 1 aliphatic heterocycles. The van der Waals surface area contributed by atoms with Gasteiger partial charge in [0.25, 0.3) is 0 Å². The third kappa shape index (κ3) is 1.59. The van der Waals surface area contributed by atoms with E-state index in [0.717, 1.165) is 31.7 Å². The van der Waals surface area contributed by atoms with Crippen molar-refractivity contribution in [1.29, 1.82) is 0 Å². The summed E-state index contributed by atoms with van der Waals surface area (Å²) in [7, 11) is 0. The maximum Gasteiger partial charge on any atom is 0.201 e. The van der Waals surface area contributed by atoms with Crippen molar-refractivity contribution in [2.45, 2.75) is 19.8 Å². The zero-order valence-electron chi connectivity index (χ0n) is 9.53. The van der Waals surface area contributed by atoms with Crippen LogP contribution in [0, 0.1) is 24.7 Å². The summed E-state index contributed by atoms with van der Waals surface area (Å²) < 4.78 is 5.41. The smallest absolute Gasteiger partial charge is 0.201 e. The first-order chi connectivity index (χ1) is 7.74. The van der Waals surface area contributed by atoms with Crippen LogP contribution in [0.4, 0.5) is 0 Å². The highest BCUT2D eigenvalue weighted by atomic mass is 16.3. The molecule has 0 bridgehead atoms. The zero-order valence-corrected chi connectivity index (χ0v) is 9.53. The first kappa shape index (κ1) is 10.1. The second-order valence-electron chi connectivity index (χ2n) is 5.12. The summed E-state index contributed by atoms with van der Waals surface area (Å²) in [5, 5.41) is 3.39. The number of Topliss-reactive ketones (excluding diaryl/α,β-unsaturated/α-hetero) is 1. The normalized spacial score (nSPS) is 32.9. The summed E-state index contributed by atoms with van der Waals surface area (Å²) in [6.45, 7) is 4.06. The molecule has 3 heteroatoms. The molecule has 1 saturated carbocycles. The molecule has 2 heterocycles. The fourth-order valence-corrected chi connectivity index (χ4v) is 3.15. The number of hydrogen-bond donors (Lipinski definition) is 1. The Balaban J connectivity index is 1.73. The SMILES string of the molecule is Cc1ccc(C(=O)C2CC3CNCC3C2)o1. The fourth-order valence-electron chi connectivity index (χ4n) is 3.15. The first-order valence-corrected chi connectivity index (χ1v) is 6.05. The van der Waals surface area contributed by atoms with Crippen molar-refractivity contribution in [3.05, 3.63) is 23.7 Å². The van der Waals surface area contributed by atoms with Gasteiger partial charge in [-0.15, -0.1) is 0 Å². The van der Waals surface area contributed by atoms with Crippen molar-refractivity contribution < 1.29 is 9.21 Å². The van der Waals surface area contributed by atoms with E-state index in [4.69, 9.17) is 4.42 Å². The van der Waals surface area contributed by atoms with Crippen LogP contribution in [0.25, 0.3) is 0 Å². The Morgan fingerprint density at radius 1 is 1.31 bits per heavy atom. The third-order valence-electron chi connectivity index (χ3n) is 4.01. The van der Waals surface area contributed by atoms with E-state index in [1.807, 2.05) is 19.1 Å². The van der Waals surface area contributed by atoms with Crippen molar-refractivity contribution in [2.24, 2.45) is 17.8 Å². The van der Waals surface area contributed by atoms with E-state index in [-0.39, 0.29) is 11.7 Å². The van der Waals surface area contributed by atoms with Crippen molar-refractivity contribution >= 4 is 5.78 Å². The number of fused-ring (bicyclic) bond motifs is 1. The monoisotopic (exact) mass is 219 g/mol. The van der Waals surface area contributed by atoms with Gasteiger partial charge in [-0.25, -0.2) is 0 Å². The van der Waals surface area contributed by atoms with E-state index in [1.165, 1.54) is 0 Å². The van der Waals surface area contributed by atoms with Crippen LogP contribution in [-0.4, -0.2) is 18.9 Å². The molecule has 3 nitrogen and oxygen atoms in total. The Morgan fingerprint density at radius 3 is 2.56 bits per heavy atom. The van der Waals surface area contributed by atoms with E-state index in [9.17, 15) is 4.79 Å². The summed E-state index contributed by atoms with van der Waals surface area (Å²) in [5.41, 5.74) is 0. The van der Waals surface area contributed by atoms with Crippen LogP contribution >= 0.6 is 0 Å². The van der Waals surface area contributed by atoms with Gasteiger partial charge in [0.15, 0.2) is 5.76 Å². The highest BCUT2D eigenvalue weighted by molar-refractivity contribution is 5.95. The van der Waals surface area contributed by atoms with E-state index >= 15 is 0 Å². The van der Waals surface area contributed by atoms with Gasteiger partial charge >= 0.3 is 0 Å². The predicted molar refractivity (Wildman–Crippen MR) is 60.3 cm³/mol. The molecule has 2 fully saturated rings. The number of hydrogen-bond acceptors (Lipinski definition) is 3. The summed E-state index contributed by atoms with van der Waals surface area (Å²) in [5.74, 6) is 3.21. The molecule has 1 N–H and O–H groups in total. The van der Waals surface area contributed by atoms with Crippen LogP contribution in [0.1, 0.15) is 29.2 Å². The molecule has 1 aromatic rings. The third-order valence-corrected chi connectivity index (χ3v) is 4.01. The van der Waals surface area contributed by atoms with Crippen LogP contribution in [-0.2, 0) is 0 Å². The average molecular weight is 219 g/mol. The molecule has 16 heavy (non-hydrogen) atoms. The predicted octanol–water partition coefficient (Wildman–Crippen LogP) is 2.02. The molecule has 0 radical (unpaired) electrons. The minimum Gasteiger partial charge on any atom is -0.458 e. The van der Waals surface area contributed by atoms with E-state index in [0.29, 0.717) is 17.6 Å². The summed E-state index contributed by atoms with van der Waals surface area (Å²) in [6.07, 6.45) is 2.08. The van der Waals surface area contributed by atoms with Crippen LogP contribution in [0.15, 0.2) is 16.5 Å². The van der Waals surface area contributed by atoms with Gasteiger partial charge in [0.1, 0.15) is 5.76 Å². The van der Waals surface area contributed by atoms with Crippen LogP contribution in [0.3, 0.4) is 0 Å². The lowest BCUT2D eigenvalue weighted by molar-refractivity contribution is 0.0887. The Kier molecular flexibility index (Phi) is 2.36. The summed E-state index contributed by atoms with van der Waals surface area (Å²) >= 11 is 0. The van der Waals surface area contributed by atoms with Gasteiger partial charge in [0.05, 0.1) is 0 Å². The number of furan rings is 1. The van der Waals surface area contributed by atoms with E-state index in [1.54, 1.807) is 0 Å². The van der Waals surface area contributed by atoms with Gasteiger partial charge in [0, 0.05) is 5.92 Å².